The number of nitrogens with zero attached hydrogens (tertiary/aromatic N) is 2. The van der Waals surface area contributed by atoms with Gasteiger partial charge in [-0.1, -0.05) is 12.1 Å². The number of ether oxygens (including phenoxy) is 2. The molecule has 1 aromatic heterocycles. The van der Waals surface area contributed by atoms with Crippen LogP contribution in [-0.2, 0) is 11.2 Å². The van der Waals surface area contributed by atoms with Crippen LogP contribution in [-0.4, -0.2) is 41.6 Å². The molecule has 1 unspecified atom stereocenters. The topological polar surface area (TPSA) is 77.7 Å². The number of hydrogen-bond donors (Lipinski definition) is 1. The summed E-state index contributed by atoms with van der Waals surface area (Å²) in [6, 6.07) is 11.1. The molecular weight excluding hydrogens is 306 g/mol. The molecule has 3 rings (SSSR count). The molecule has 0 aliphatic carbocycles. The van der Waals surface area contributed by atoms with Crippen LogP contribution in [0.4, 0.5) is 5.69 Å². The molecule has 2 aromatic rings. The Morgan fingerprint density at radius 3 is 2.79 bits per heavy atom. The van der Waals surface area contributed by atoms with Crippen molar-refractivity contribution >= 4 is 11.6 Å². The lowest BCUT2D eigenvalue weighted by molar-refractivity contribution is -0.131. The van der Waals surface area contributed by atoms with E-state index >= 15 is 0 Å². The van der Waals surface area contributed by atoms with E-state index in [0.717, 1.165) is 11.5 Å². The molecule has 1 amide bonds. The summed E-state index contributed by atoms with van der Waals surface area (Å²) in [6.07, 6.45) is 1.63. The summed E-state index contributed by atoms with van der Waals surface area (Å²) in [6.45, 7) is 3.47. The third-order valence-electron chi connectivity index (χ3n) is 3.91. The monoisotopic (exact) mass is 327 g/mol. The molecule has 6 nitrogen and oxygen atoms in total. The number of hydrogen-bond acceptors (Lipinski definition) is 5. The van der Waals surface area contributed by atoms with Crippen molar-refractivity contribution in [1.82, 2.24) is 9.88 Å². The molecule has 0 saturated heterocycles. The van der Waals surface area contributed by atoms with Crippen molar-refractivity contribution in [3.63, 3.8) is 0 Å². The van der Waals surface area contributed by atoms with Gasteiger partial charge in [-0.3, -0.25) is 9.78 Å². The van der Waals surface area contributed by atoms with Gasteiger partial charge in [0.15, 0.2) is 17.6 Å². The zero-order valence-electron chi connectivity index (χ0n) is 13.6. The van der Waals surface area contributed by atoms with E-state index in [1.54, 1.807) is 23.2 Å². The maximum absolute atomic E-state index is 12.5. The number of pyridine rings is 1. The Hall–Kier alpha value is -2.76. The number of amides is 1. The highest BCUT2D eigenvalue weighted by atomic mass is 16.6. The number of nitrogens with two attached hydrogens (primary N) is 1. The Bertz CT molecular complexity index is 703. The quantitative estimate of drug-likeness (QED) is 0.907. The smallest absolute Gasteiger partial charge is 0.228 e. The molecule has 1 aliphatic rings. The lowest BCUT2D eigenvalue weighted by atomic mass is 10.2. The Balaban J connectivity index is 1.60. The molecule has 0 bridgehead atoms. The predicted molar refractivity (Wildman–Crippen MR) is 91.0 cm³/mol. The molecule has 2 heterocycles. The highest BCUT2D eigenvalue weighted by Crippen LogP contribution is 2.31. The van der Waals surface area contributed by atoms with E-state index in [4.69, 9.17) is 15.2 Å². The standard InChI is InChI=1S/C18H21N3O3/c1-2-21(18(22)9-14-8-7-13(19)10-20-14)11-15-12-23-16-5-3-4-6-17(16)24-15/h3-8,10,15H,2,9,11-12,19H2,1H3. The van der Waals surface area contributed by atoms with Gasteiger partial charge in [0.05, 0.1) is 24.8 Å². The van der Waals surface area contributed by atoms with Gasteiger partial charge in [-0.25, -0.2) is 0 Å². The van der Waals surface area contributed by atoms with Crippen LogP contribution >= 0.6 is 0 Å². The van der Waals surface area contributed by atoms with Gasteiger partial charge in [0.2, 0.25) is 5.91 Å². The van der Waals surface area contributed by atoms with E-state index in [1.807, 2.05) is 31.2 Å². The van der Waals surface area contributed by atoms with Crippen molar-refractivity contribution in [2.24, 2.45) is 0 Å². The van der Waals surface area contributed by atoms with E-state index in [-0.39, 0.29) is 18.4 Å². The van der Waals surface area contributed by atoms with Crippen molar-refractivity contribution < 1.29 is 14.3 Å². The van der Waals surface area contributed by atoms with Gasteiger partial charge >= 0.3 is 0 Å². The molecule has 0 saturated carbocycles. The first-order valence-electron chi connectivity index (χ1n) is 8.02. The zero-order chi connectivity index (χ0) is 16.9. The SMILES string of the molecule is CCN(CC1COc2ccccc2O1)C(=O)Cc1ccc(N)cn1. The maximum Gasteiger partial charge on any atom is 0.228 e. The first-order valence-corrected chi connectivity index (χ1v) is 8.02. The predicted octanol–water partition coefficient (Wildman–Crippen LogP) is 1.89. The molecule has 0 fully saturated rings. The van der Waals surface area contributed by atoms with E-state index in [9.17, 15) is 4.79 Å². The van der Waals surface area contributed by atoms with Gasteiger partial charge in [-0.15, -0.1) is 0 Å². The fourth-order valence-corrected chi connectivity index (χ4v) is 2.61. The van der Waals surface area contributed by atoms with E-state index in [1.165, 1.54) is 0 Å². The van der Waals surface area contributed by atoms with Crippen LogP contribution in [0.25, 0.3) is 0 Å². The van der Waals surface area contributed by atoms with E-state index in [0.29, 0.717) is 31.1 Å². The second-order valence-corrected chi connectivity index (χ2v) is 5.69. The summed E-state index contributed by atoms with van der Waals surface area (Å²) < 4.78 is 11.6. The summed E-state index contributed by atoms with van der Waals surface area (Å²) in [5, 5.41) is 0. The highest BCUT2D eigenvalue weighted by Gasteiger charge is 2.24. The van der Waals surface area contributed by atoms with Crippen molar-refractivity contribution in [2.75, 3.05) is 25.4 Å². The Morgan fingerprint density at radius 2 is 2.08 bits per heavy atom. The molecule has 24 heavy (non-hydrogen) atoms. The maximum atomic E-state index is 12.5. The van der Waals surface area contributed by atoms with Crippen LogP contribution < -0.4 is 15.2 Å². The summed E-state index contributed by atoms with van der Waals surface area (Å²) in [5.41, 5.74) is 6.91. The van der Waals surface area contributed by atoms with E-state index < -0.39 is 0 Å². The third kappa shape index (κ3) is 3.76. The first-order chi connectivity index (χ1) is 11.7. The fraction of sp³-hybridized carbons (Fsp3) is 0.333. The molecular formula is C18H21N3O3. The van der Waals surface area contributed by atoms with Gasteiger partial charge in [0, 0.05) is 12.2 Å². The molecule has 1 atom stereocenters. The average molecular weight is 327 g/mol. The molecule has 1 aliphatic heterocycles. The van der Waals surface area contributed by atoms with Crippen LogP contribution in [0.5, 0.6) is 11.5 Å². The minimum Gasteiger partial charge on any atom is -0.486 e. The summed E-state index contributed by atoms with van der Waals surface area (Å²) in [7, 11) is 0. The number of anilines is 1. The van der Waals surface area contributed by atoms with Gasteiger partial charge in [0.1, 0.15) is 6.61 Å². The average Bonchev–Trinajstić information content (AvgIpc) is 2.61. The minimum atomic E-state index is -0.178. The normalized spacial score (nSPS) is 15.8. The van der Waals surface area contributed by atoms with Gasteiger partial charge < -0.3 is 20.1 Å². The number of aromatic nitrogens is 1. The minimum absolute atomic E-state index is 0.0113. The van der Waals surface area contributed by atoms with Gasteiger partial charge in [0.25, 0.3) is 0 Å². The van der Waals surface area contributed by atoms with Crippen molar-refractivity contribution in [2.45, 2.75) is 19.4 Å². The van der Waals surface area contributed by atoms with Crippen LogP contribution in [0.2, 0.25) is 0 Å². The van der Waals surface area contributed by atoms with Crippen molar-refractivity contribution in [3.05, 3.63) is 48.3 Å². The summed E-state index contributed by atoms with van der Waals surface area (Å²) >= 11 is 0. The number of nitrogen functional groups attached to an aromatic ring is 1. The lowest BCUT2D eigenvalue weighted by Crippen LogP contribution is -2.44. The van der Waals surface area contributed by atoms with Crippen molar-refractivity contribution in [3.8, 4) is 11.5 Å². The number of carbonyl (C=O) groups is 1. The lowest BCUT2D eigenvalue weighted by Gasteiger charge is -2.31. The second kappa shape index (κ2) is 7.21. The summed E-state index contributed by atoms with van der Waals surface area (Å²) in [5.74, 6) is 1.48. The Morgan fingerprint density at radius 1 is 1.29 bits per heavy atom. The van der Waals surface area contributed by atoms with Crippen LogP contribution in [0.3, 0.4) is 0 Å². The van der Waals surface area contributed by atoms with Crippen molar-refractivity contribution in [1.29, 1.82) is 0 Å². The van der Waals surface area contributed by atoms with E-state index in [2.05, 4.69) is 4.98 Å². The Labute approximate surface area is 141 Å². The van der Waals surface area contributed by atoms with Crippen LogP contribution in [0, 0.1) is 0 Å². The number of para-hydroxylation sites is 2. The fourth-order valence-electron chi connectivity index (χ4n) is 2.61. The third-order valence-corrected chi connectivity index (χ3v) is 3.91. The molecule has 6 heteroatoms. The number of rotatable bonds is 5. The van der Waals surface area contributed by atoms with Crippen LogP contribution in [0.1, 0.15) is 12.6 Å². The summed E-state index contributed by atoms with van der Waals surface area (Å²) in [4.78, 5) is 18.5. The molecule has 0 radical (unpaired) electrons. The second-order valence-electron chi connectivity index (χ2n) is 5.69. The number of carbonyl (C=O) groups excluding carboxylic acids is 1. The zero-order valence-corrected chi connectivity index (χ0v) is 13.6. The first kappa shape index (κ1) is 16.1. The molecule has 0 spiro atoms. The molecule has 126 valence electrons. The van der Waals surface area contributed by atoms with Gasteiger partial charge in [-0.05, 0) is 31.2 Å². The number of likely N-dealkylation sites (N-methyl/N-ethyl adjacent to an activating group) is 1. The van der Waals surface area contributed by atoms with Gasteiger partial charge in [-0.2, -0.15) is 0 Å². The highest BCUT2D eigenvalue weighted by molar-refractivity contribution is 5.78. The number of benzene rings is 1. The molecule has 2 N–H and O–H groups in total. The number of fused-ring (bicyclic) bond motifs is 1. The molecule has 1 aromatic carbocycles. The Kier molecular flexibility index (Phi) is 4.84. The largest absolute Gasteiger partial charge is 0.486 e. The van der Waals surface area contributed by atoms with Crippen LogP contribution in [0.15, 0.2) is 42.6 Å².